The molecule has 0 aliphatic rings. The van der Waals surface area contributed by atoms with Crippen molar-refractivity contribution in [2.45, 2.75) is 11.8 Å². The summed E-state index contributed by atoms with van der Waals surface area (Å²) in [7, 11) is -0.719. The van der Waals surface area contributed by atoms with Crippen LogP contribution in [0.5, 0.6) is 0 Å². The summed E-state index contributed by atoms with van der Waals surface area (Å²) in [5.41, 5.74) is 0.710. The van der Waals surface area contributed by atoms with Gasteiger partial charge in [0.05, 0.1) is 10.6 Å². The summed E-state index contributed by atoms with van der Waals surface area (Å²) in [5.74, 6) is -0.703. The van der Waals surface area contributed by atoms with E-state index < -0.39 is 21.4 Å². The third-order valence-electron chi connectivity index (χ3n) is 4.28. The van der Waals surface area contributed by atoms with Crippen molar-refractivity contribution >= 4 is 33.2 Å². The minimum absolute atomic E-state index is 0.0871. The first-order valence-corrected chi connectivity index (χ1v) is 10.6. The van der Waals surface area contributed by atoms with Crippen molar-refractivity contribution in [2.24, 2.45) is 0 Å². The van der Waals surface area contributed by atoms with Gasteiger partial charge in [-0.2, -0.15) is 5.10 Å². The number of anilines is 1. The molecule has 30 heavy (non-hydrogen) atoms. The van der Waals surface area contributed by atoms with Gasteiger partial charge in [0.15, 0.2) is 5.69 Å². The van der Waals surface area contributed by atoms with Gasteiger partial charge in [-0.1, -0.05) is 11.6 Å². The summed E-state index contributed by atoms with van der Waals surface area (Å²) in [6.07, 6.45) is 0. The lowest BCUT2D eigenvalue weighted by Gasteiger charge is -2.13. The quantitative estimate of drug-likeness (QED) is 0.649. The van der Waals surface area contributed by atoms with E-state index in [0.717, 1.165) is 4.31 Å². The van der Waals surface area contributed by atoms with E-state index in [0.29, 0.717) is 22.1 Å². The fraction of sp³-hybridized carbons (Fsp3) is 0.150. The number of amides is 1. The van der Waals surface area contributed by atoms with Gasteiger partial charge in [0.25, 0.3) is 5.91 Å². The van der Waals surface area contributed by atoms with Gasteiger partial charge in [-0.25, -0.2) is 17.4 Å². The molecule has 0 aliphatic carbocycles. The van der Waals surface area contributed by atoms with Gasteiger partial charge >= 0.3 is 0 Å². The lowest BCUT2D eigenvalue weighted by Crippen LogP contribution is -2.27. The van der Waals surface area contributed by atoms with Crippen LogP contribution >= 0.6 is 11.6 Å². The number of hydrogen-bond donors (Lipinski definition) is 1. The van der Waals surface area contributed by atoms with Gasteiger partial charge in [0.2, 0.25) is 15.5 Å². The number of aryl methyl sites for hydroxylation is 1. The number of rotatable bonds is 5. The number of halogens is 1. The number of carbonyl (C=O) groups excluding carboxylic acids is 1. The highest BCUT2D eigenvalue weighted by Crippen LogP contribution is 2.17. The molecule has 0 radical (unpaired) electrons. The van der Waals surface area contributed by atoms with Crippen molar-refractivity contribution in [3.05, 3.63) is 81.2 Å². The molecule has 0 atom stereocenters. The average Bonchev–Trinajstić information content (AvgIpc) is 2.69. The molecule has 0 bridgehead atoms. The van der Waals surface area contributed by atoms with E-state index in [1.165, 1.54) is 49.1 Å². The van der Waals surface area contributed by atoms with Crippen LogP contribution in [0.15, 0.2) is 64.3 Å². The zero-order valence-corrected chi connectivity index (χ0v) is 18.0. The maximum atomic E-state index is 12.6. The molecule has 1 aromatic heterocycles. The summed E-state index contributed by atoms with van der Waals surface area (Å²) in [6, 6.07) is 13.8. The van der Waals surface area contributed by atoms with Crippen LogP contribution in [-0.2, 0) is 10.0 Å². The van der Waals surface area contributed by atoms with E-state index in [-0.39, 0.29) is 10.6 Å². The van der Waals surface area contributed by atoms with Crippen LogP contribution in [0.3, 0.4) is 0 Å². The zero-order valence-electron chi connectivity index (χ0n) is 16.5. The molecule has 0 saturated heterocycles. The molecular weight excluding hydrogens is 428 g/mol. The Labute approximate surface area is 178 Å². The van der Waals surface area contributed by atoms with E-state index in [1.807, 2.05) is 0 Å². The van der Waals surface area contributed by atoms with Crippen LogP contribution < -0.4 is 10.7 Å². The third-order valence-corrected chi connectivity index (χ3v) is 6.37. The second kappa shape index (κ2) is 8.39. The molecular formula is C20H19ClN4O4S. The molecule has 1 heterocycles. The second-order valence-corrected chi connectivity index (χ2v) is 9.24. The third kappa shape index (κ3) is 4.43. The predicted octanol–water partition coefficient (Wildman–Crippen LogP) is 2.70. The molecule has 3 rings (SSSR count). The highest BCUT2D eigenvalue weighted by molar-refractivity contribution is 7.89. The van der Waals surface area contributed by atoms with Crippen LogP contribution in [0, 0.1) is 6.92 Å². The van der Waals surface area contributed by atoms with E-state index in [2.05, 4.69) is 10.4 Å². The lowest BCUT2D eigenvalue weighted by molar-refractivity contribution is 0.101. The molecule has 8 nitrogen and oxygen atoms in total. The number of aromatic nitrogens is 2. The molecule has 156 valence electrons. The molecule has 1 amide bonds. The zero-order chi connectivity index (χ0) is 22.1. The first-order chi connectivity index (χ1) is 14.1. The van der Waals surface area contributed by atoms with Gasteiger partial charge in [-0.15, -0.1) is 0 Å². The van der Waals surface area contributed by atoms with E-state index >= 15 is 0 Å². The van der Waals surface area contributed by atoms with E-state index in [4.69, 9.17) is 11.6 Å². The highest BCUT2D eigenvalue weighted by Gasteiger charge is 2.18. The summed E-state index contributed by atoms with van der Waals surface area (Å²) < 4.78 is 26.8. The number of carbonyl (C=O) groups is 1. The van der Waals surface area contributed by atoms with Gasteiger partial charge in [0.1, 0.15) is 0 Å². The average molecular weight is 447 g/mol. The van der Waals surface area contributed by atoms with Crippen LogP contribution in [0.2, 0.25) is 5.02 Å². The first-order valence-electron chi connectivity index (χ1n) is 8.80. The Morgan fingerprint density at radius 3 is 2.23 bits per heavy atom. The standard InChI is InChI=1S/C20H19ClN4O4S/c1-13-12-18(26)19(23-25(13)16-8-4-14(21)5-9-16)20(27)22-15-6-10-17(11-7-15)30(28,29)24(2)3/h4-12H,1-3H3,(H,22,27). The highest BCUT2D eigenvalue weighted by atomic mass is 35.5. The number of benzene rings is 2. The van der Waals surface area contributed by atoms with Crippen molar-refractivity contribution in [3.63, 3.8) is 0 Å². The molecule has 0 unspecified atom stereocenters. The summed E-state index contributed by atoms with van der Waals surface area (Å²) in [4.78, 5) is 25.1. The Kier molecular flexibility index (Phi) is 6.06. The van der Waals surface area contributed by atoms with Crippen LogP contribution in [0.25, 0.3) is 5.69 Å². The van der Waals surface area contributed by atoms with Crippen molar-refractivity contribution in [1.29, 1.82) is 0 Å². The first kappa shape index (κ1) is 21.7. The maximum Gasteiger partial charge on any atom is 0.280 e. The Balaban J connectivity index is 1.89. The molecule has 0 spiro atoms. The van der Waals surface area contributed by atoms with Crippen molar-refractivity contribution in [1.82, 2.24) is 14.1 Å². The van der Waals surface area contributed by atoms with Gasteiger partial charge in [0, 0.05) is 36.6 Å². The van der Waals surface area contributed by atoms with Crippen molar-refractivity contribution in [3.8, 4) is 5.69 Å². The summed E-state index contributed by atoms with van der Waals surface area (Å²) in [6.45, 7) is 1.70. The Hall–Kier alpha value is -3.01. The molecule has 1 N–H and O–H groups in total. The number of sulfonamides is 1. The number of hydrogen-bond acceptors (Lipinski definition) is 5. The molecule has 10 heteroatoms. The monoisotopic (exact) mass is 446 g/mol. The molecule has 3 aromatic rings. The Morgan fingerprint density at radius 2 is 1.67 bits per heavy atom. The SMILES string of the molecule is Cc1cc(=O)c(C(=O)Nc2ccc(S(=O)(=O)N(C)C)cc2)nn1-c1ccc(Cl)cc1. The smallest absolute Gasteiger partial charge is 0.280 e. The van der Waals surface area contributed by atoms with Gasteiger partial charge < -0.3 is 5.32 Å². The van der Waals surface area contributed by atoms with Crippen LogP contribution in [-0.4, -0.2) is 42.5 Å². The number of nitrogens with zero attached hydrogens (tertiary/aromatic N) is 3. The lowest BCUT2D eigenvalue weighted by atomic mass is 10.2. The second-order valence-electron chi connectivity index (χ2n) is 6.65. The largest absolute Gasteiger partial charge is 0.320 e. The Morgan fingerprint density at radius 1 is 1.07 bits per heavy atom. The molecule has 2 aromatic carbocycles. The van der Waals surface area contributed by atoms with Gasteiger partial charge in [-0.05, 0) is 55.5 Å². The van der Waals surface area contributed by atoms with E-state index in [1.54, 1.807) is 31.2 Å². The predicted molar refractivity (Wildman–Crippen MR) is 115 cm³/mol. The molecule has 0 fully saturated rings. The minimum Gasteiger partial charge on any atom is -0.320 e. The van der Waals surface area contributed by atoms with Crippen molar-refractivity contribution in [2.75, 3.05) is 19.4 Å². The summed E-state index contributed by atoms with van der Waals surface area (Å²) >= 11 is 5.91. The fourth-order valence-corrected chi connectivity index (χ4v) is 3.69. The minimum atomic E-state index is -3.58. The normalized spacial score (nSPS) is 11.5. The van der Waals surface area contributed by atoms with Crippen molar-refractivity contribution < 1.29 is 13.2 Å². The fourth-order valence-electron chi connectivity index (χ4n) is 2.66. The topological polar surface area (TPSA) is 101 Å². The molecule has 0 aliphatic heterocycles. The molecule has 0 saturated carbocycles. The van der Waals surface area contributed by atoms with E-state index in [9.17, 15) is 18.0 Å². The van der Waals surface area contributed by atoms with Gasteiger partial charge in [-0.3, -0.25) is 9.59 Å². The summed E-state index contributed by atoms with van der Waals surface area (Å²) in [5, 5.41) is 7.32. The number of nitrogens with one attached hydrogen (secondary N) is 1. The van der Waals surface area contributed by atoms with Crippen LogP contribution in [0.1, 0.15) is 16.2 Å². The maximum absolute atomic E-state index is 12.6. The van der Waals surface area contributed by atoms with Crippen LogP contribution in [0.4, 0.5) is 5.69 Å². The Bertz CT molecular complexity index is 1250.